The number of ether oxygens (including phenoxy) is 2. The van der Waals surface area contributed by atoms with Gasteiger partial charge < -0.3 is 25.4 Å². The second-order valence-corrected chi connectivity index (χ2v) is 10.2. The lowest BCUT2D eigenvalue weighted by molar-refractivity contribution is -0.140. The molecular weight excluding hydrogens is 589 g/mol. The van der Waals surface area contributed by atoms with Gasteiger partial charge in [0.25, 0.3) is 5.91 Å². The number of nitrogens with zero attached hydrogens (tertiary/aromatic N) is 2. The second kappa shape index (κ2) is 12.9. The van der Waals surface area contributed by atoms with Gasteiger partial charge in [0.15, 0.2) is 0 Å². The van der Waals surface area contributed by atoms with Crippen molar-refractivity contribution in [1.29, 1.82) is 0 Å². The molecule has 3 rings (SSSR count). The van der Waals surface area contributed by atoms with Gasteiger partial charge in [0.05, 0.1) is 31.5 Å². The Labute approximate surface area is 222 Å². The fraction of sp³-hybridized carbons (Fsp3) is 0.583. The molecule has 2 aliphatic heterocycles. The molecule has 0 saturated carbocycles. The molecule has 12 heteroatoms. The Bertz CT molecular complexity index is 970. The molecular formula is C24H31F2IN4O5. The van der Waals surface area contributed by atoms with Crippen molar-refractivity contribution in [2.45, 2.75) is 61.2 Å². The van der Waals surface area contributed by atoms with Crippen LogP contribution in [0.2, 0.25) is 0 Å². The van der Waals surface area contributed by atoms with Crippen molar-refractivity contribution in [3.63, 3.8) is 0 Å². The van der Waals surface area contributed by atoms with E-state index in [0.29, 0.717) is 60.8 Å². The summed E-state index contributed by atoms with van der Waals surface area (Å²) in [6, 6.07) is 5.45. The number of carbonyl (C=O) groups excluding carboxylic acids is 3. The molecule has 2 aliphatic rings. The molecule has 2 heterocycles. The molecule has 0 aliphatic carbocycles. The summed E-state index contributed by atoms with van der Waals surface area (Å²) in [5.74, 6) is -2.39. The number of nitrogens with one attached hydrogen (secondary N) is 1. The summed E-state index contributed by atoms with van der Waals surface area (Å²) in [6.45, 7) is 3.55. The highest BCUT2D eigenvalue weighted by Crippen LogP contribution is 2.26. The molecule has 2 fully saturated rings. The first kappa shape index (κ1) is 28.4. The summed E-state index contributed by atoms with van der Waals surface area (Å²) in [6.07, 6.45) is 4.48. The molecule has 2 saturated heterocycles. The molecule has 36 heavy (non-hydrogen) atoms. The third-order valence-electron chi connectivity index (χ3n) is 6.28. The largest absolute Gasteiger partial charge is 0.383 e. The van der Waals surface area contributed by atoms with Crippen molar-refractivity contribution in [3.8, 4) is 0 Å². The Balaban J connectivity index is 1.52. The molecule has 3 atom stereocenters. The molecule has 0 spiro atoms. The number of nitrogens with two attached hydrogens (primary N) is 1. The average Bonchev–Trinajstić information content (AvgIpc) is 3.33. The summed E-state index contributed by atoms with van der Waals surface area (Å²) in [5.41, 5.74) is 6.16. The maximum absolute atomic E-state index is 13.0. The van der Waals surface area contributed by atoms with Crippen molar-refractivity contribution in [2.24, 2.45) is 10.7 Å². The Morgan fingerprint density at radius 2 is 1.86 bits per heavy atom. The van der Waals surface area contributed by atoms with Gasteiger partial charge in [-0.2, -0.15) is 13.8 Å². The minimum atomic E-state index is -3.65. The number of aliphatic imine (C=N–C) groups is 1. The second-order valence-electron chi connectivity index (χ2n) is 8.81. The number of benzene rings is 1. The van der Waals surface area contributed by atoms with E-state index in [1.807, 2.05) is 0 Å². The average molecular weight is 620 g/mol. The van der Waals surface area contributed by atoms with Crippen LogP contribution in [0.4, 0.5) is 8.78 Å². The van der Waals surface area contributed by atoms with E-state index in [1.165, 1.54) is 24.3 Å². The number of morpholine rings is 1. The highest BCUT2D eigenvalue weighted by molar-refractivity contribution is 14.1. The molecule has 3 amide bonds. The van der Waals surface area contributed by atoms with Crippen LogP contribution in [0.3, 0.4) is 0 Å². The lowest BCUT2D eigenvalue weighted by Crippen LogP contribution is -2.53. The highest BCUT2D eigenvalue weighted by atomic mass is 127. The zero-order chi connectivity index (χ0) is 26.3. The van der Waals surface area contributed by atoms with Gasteiger partial charge in [-0.25, -0.2) is 0 Å². The van der Waals surface area contributed by atoms with Gasteiger partial charge in [-0.15, -0.1) is 0 Å². The Morgan fingerprint density at radius 1 is 1.19 bits per heavy atom. The third kappa shape index (κ3) is 7.90. The fourth-order valence-corrected chi connectivity index (χ4v) is 4.34. The van der Waals surface area contributed by atoms with Gasteiger partial charge in [-0.3, -0.25) is 14.4 Å². The smallest absolute Gasteiger partial charge is 0.374 e. The molecule has 9 nitrogen and oxygen atoms in total. The predicted molar refractivity (Wildman–Crippen MR) is 137 cm³/mol. The topological polar surface area (TPSA) is 123 Å². The predicted octanol–water partition coefficient (Wildman–Crippen LogP) is 2.64. The molecule has 0 aromatic heterocycles. The van der Waals surface area contributed by atoms with Crippen LogP contribution in [0.15, 0.2) is 29.3 Å². The van der Waals surface area contributed by atoms with Gasteiger partial charge in [0, 0.05) is 53.2 Å². The van der Waals surface area contributed by atoms with E-state index >= 15 is 0 Å². The van der Waals surface area contributed by atoms with Crippen LogP contribution >= 0.6 is 22.6 Å². The number of hydrogen-bond acceptors (Lipinski definition) is 5. The monoisotopic (exact) mass is 620 g/mol. The van der Waals surface area contributed by atoms with Crippen LogP contribution in [0.25, 0.3) is 0 Å². The Hall–Kier alpha value is -2.19. The van der Waals surface area contributed by atoms with E-state index < -0.39 is 9.84 Å². The van der Waals surface area contributed by atoms with Crippen LogP contribution in [0.1, 0.15) is 54.9 Å². The number of hydrogen-bond donors (Lipinski definition) is 2. The summed E-state index contributed by atoms with van der Waals surface area (Å²) >= 11 is 0.680. The number of amidine groups is 1. The minimum Gasteiger partial charge on any atom is -0.383 e. The van der Waals surface area contributed by atoms with Gasteiger partial charge in [0.2, 0.25) is 5.91 Å². The van der Waals surface area contributed by atoms with Gasteiger partial charge in [0.1, 0.15) is 5.84 Å². The zero-order valence-electron chi connectivity index (χ0n) is 20.1. The molecule has 0 bridgehead atoms. The standard InChI is InChI=1S/C24H31F2IN4O5/c1-2-18-7-8-19(36-18)9-10-20(32)31-11-12-35-14-17(31)13-29-22(33)16-5-3-15(4-6-16)21(28)30-23(34)24(25,26)27/h3-6,17-19H,2,7-14H2,1H3,(H,29,33)(H2,28,30,34)/t17-,18?,19?/m0/s1. The molecule has 0 radical (unpaired) electrons. The lowest BCUT2D eigenvalue weighted by Gasteiger charge is -2.36. The number of alkyl halides is 3. The van der Waals surface area contributed by atoms with Crippen LogP contribution in [0.5, 0.6) is 0 Å². The van der Waals surface area contributed by atoms with Crippen LogP contribution in [-0.4, -0.2) is 76.9 Å². The number of amides is 3. The third-order valence-corrected chi connectivity index (χ3v) is 6.75. The van der Waals surface area contributed by atoms with E-state index in [0.717, 1.165) is 19.3 Å². The fourth-order valence-electron chi connectivity index (χ4n) is 4.22. The molecule has 1 aromatic carbocycles. The number of halogens is 3. The maximum atomic E-state index is 13.0. The van der Waals surface area contributed by atoms with E-state index in [-0.39, 0.29) is 48.0 Å². The summed E-state index contributed by atoms with van der Waals surface area (Å²) in [7, 11) is 0. The molecule has 198 valence electrons. The lowest BCUT2D eigenvalue weighted by atomic mass is 10.1. The molecule has 3 N–H and O–H groups in total. The van der Waals surface area contributed by atoms with Gasteiger partial charge >= 0.3 is 9.84 Å². The number of rotatable bonds is 9. The zero-order valence-corrected chi connectivity index (χ0v) is 22.2. The summed E-state index contributed by atoms with van der Waals surface area (Å²) in [5, 5.41) is 2.81. The summed E-state index contributed by atoms with van der Waals surface area (Å²) < 4.78 is 33.8. The van der Waals surface area contributed by atoms with Gasteiger partial charge in [-0.1, -0.05) is 19.1 Å². The van der Waals surface area contributed by atoms with E-state index in [2.05, 4.69) is 17.2 Å². The first-order chi connectivity index (χ1) is 17.1. The van der Waals surface area contributed by atoms with E-state index in [1.54, 1.807) is 4.90 Å². The van der Waals surface area contributed by atoms with Crippen LogP contribution in [-0.2, 0) is 19.1 Å². The SMILES string of the molecule is CCC1CCC(CCC(=O)N2CCOC[C@@H]2CNC(=O)c2ccc(C(N)=NC(=O)C(F)(F)I)cc2)O1. The van der Waals surface area contributed by atoms with Crippen LogP contribution < -0.4 is 11.1 Å². The van der Waals surface area contributed by atoms with Gasteiger partial charge in [-0.05, 0) is 37.8 Å². The van der Waals surface area contributed by atoms with Crippen molar-refractivity contribution >= 4 is 46.1 Å². The first-order valence-electron chi connectivity index (χ1n) is 11.9. The van der Waals surface area contributed by atoms with Crippen molar-refractivity contribution in [3.05, 3.63) is 35.4 Å². The Kier molecular flexibility index (Phi) is 10.1. The van der Waals surface area contributed by atoms with Crippen molar-refractivity contribution < 1.29 is 32.6 Å². The van der Waals surface area contributed by atoms with E-state index in [4.69, 9.17) is 15.2 Å². The summed E-state index contributed by atoms with van der Waals surface area (Å²) in [4.78, 5) is 41.8. The van der Waals surface area contributed by atoms with Crippen LogP contribution in [0, 0.1) is 0 Å². The first-order valence-corrected chi connectivity index (χ1v) is 13.0. The number of carbonyl (C=O) groups is 3. The Morgan fingerprint density at radius 3 is 2.50 bits per heavy atom. The van der Waals surface area contributed by atoms with Crippen molar-refractivity contribution in [2.75, 3.05) is 26.3 Å². The molecule has 2 unspecified atom stereocenters. The van der Waals surface area contributed by atoms with E-state index in [9.17, 15) is 23.2 Å². The van der Waals surface area contributed by atoms with Crippen molar-refractivity contribution in [1.82, 2.24) is 10.2 Å². The molecule has 1 aromatic rings. The maximum Gasteiger partial charge on any atom is 0.374 e. The highest BCUT2D eigenvalue weighted by Gasteiger charge is 2.35. The minimum absolute atomic E-state index is 0.0202. The normalized spacial score (nSPS) is 22.9. The quantitative estimate of drug-likeness (QED) is 0.190.